The molecule has 0 unspecified atom stereocenters. The Kier molecular flexibility index (Phi) is 23.9. The molecule has 0 aromatic carbocycles. The molecule has 0 rings (SSSR count). The molecule has 32 heavy (non-hydrogen) atoms. The van der Waals surface area contributed by atoms with E-state index in [1.54, 1.807) is 0 Å². The van der Waals surface area contributed by atoms with E-state index in [0.717, 1.165) is 62.5 Å². The normalized spacial score (nSPS) is 11.8. The molecule has 0 aliphatic heterocycles. The van der Waals surface area contributed by atoms with Gasteiger partial charge in [0.1, 0.15) is 0 Å². The van der Waals surface area contributed by atoms with E-state index in [1.807, 2.05) is 0 Å². The Hall–Kier alpha value is -0.130. The van der Waals surface area contributed by atoms with E-state index < -0.39 is 0 Å². The predicted octanol–water partition coefficient (Wildman–Crippen LogP) is 8.45. The van der Waals surface area contributed by atoms with Gasteiger partial charge >= 0.3 is 5.97 Å². The number of esters is 1. The lowest BCUT2D eigenvalue weighted by molar-refractivity contribution is -0.161. The maximum absolute atomic E-state index is 11.9. The van der Waals surface area contributed by atoms with Crippen molar-refractivity contribution in [2.45, 2.75) is 130 Å². The third kappa shape index (κ3) is 24.5. The highest BCUT2D eigenvalue weighted by atomic mass is 79.9. The Morgan fingerprint density at radius 1 is 0.625 bits per heavy atom. The molecular weight excluding hydrogens is 468 g/mol. The summed E-state index contributed by atoms with van der Waals surface area (Å²) < 4.78 is 17.4. The Morgan fingerprint density at radius 3 is 1.62 bits per heavy atom. The van der Waals surface area contributed by atoms with Crippen molar-refractivity contribution >= 4 is 21.9 Å². The van der Waals surface area contributed by atoms with Gasteiger partial charge in [0.2, 0.25) is 0 Å². The zero-order valence-corrected chi connectivity index (χ0v) is 23.3. The summed E-state index contributed by atoms with van der Waals surface area (Å²) in [6.45, 7) is 11.0. The molecule has 0 saturated heterocycles. The Morgan fingerprint density at radius 2 is 1.12 bits per heavy atom. The summed E-state index contributed by atoms with van der Waals surface area (Å²) in [4.78, 5) is 11.9. The standard InChI is InChI=1S/C27H53BrO4/c1-24(2)16-10-5-7-14-21-31-27(32-22-15-8-6-11-17-25(3)4)19-23-30-26(29)18-12-9-13-20-28/h24-25,27H,5-23H2,1-4H3. The Balaban J connectivity index is 4.03. The first-order valence-corrected chi connectivity index (χ1v) is 14.5. The summed E-state index contributed by atoms with van der Waals surface area (Å²) in [6, 6.07) is 0. The number of carbonyl (C=O) groups excluding carboxylic acids is 1. The molecule has 0 bridgehead atoms. The van der Waals surface area contributed by atoms with Crippen LogP contribution in [0.3, 0.4) is 0 Å². The lowest BCUT2D eigenvalue weighted by atomic mass is 10.0. The summed E-state index contributed by atoms with van der Waals surface area (Å²) in [5.41, 5.74) is 0. The summed E-state index contributed by atoms with van der Waals surface area (Å²) in [7, 11) is 0. The van der Waals surface area contributed by atoms with Gasteiger partial charge in [0.25, 0.3) is 0 Å². The number of halogens is 1. The lowest BCUT2D eigenvalue weighted by Gasteiger charge is -2.19. The fourth-order valence-electron chi connectivity index (χ4n) is 3.54. The molecule has 0 aliphatic rings. The molecule has 0 saturated carbocycles. The van der Waals surface area contributed by atoms with E-state index in [0.29, 0.717) is 19.4 Å². The maximum atomic E-state index is 11.9. The van der Waals surface area contributed by atoms with Gasteiger partial charge in [-0.25, -0.2) is 0 Å². The first-order chi connectivity index (χ1) is 15.5. The number of rotatable bonds is 24. The van der Waals surface area contributed by atoms with E-state index in [-0.39, 0.29) is 12.3 Å². The van der Waals surface area contributed by atoms with E-state index in [1.165, 1.54) is 51.4 Å². The van der Waals surface area contributed by atoms with Crippen LogP contribution in [0.15, 0.2) is 0 Å². The van der Waals surface area contributed by atoms with Gasteiger partial charge in [-0.3, -0.25) is 4.79 Å². The molecule has 0 spiro atoms. The monoisotopic (exact) mass is 520 g/mol. The summed E-state index contributed by atoms with van der Waals surface area (Å²) in [5.74, 6) is 1.48. The minimum Gasteiger partial charge on any atom is -0.465 e. The summed E-state index contributed by atoms with van der Waals surface area (Å²) in [5, 5.41) is 0.994. The van der Waals surface area contributed by atoms with Crippen LogP contribution in [0.5, 0.6) is 0 Å². The third-order valence-corrected chi connectivity index (χ3v) is 6.15. The Labute approximate surface area is 208 Å². The molecule has 0 aromatic heterocycles. The van der Waals surface area contributed by atoms with Gasteiger partial charge in [-0.05, 0) is 37.5 Å². The van der Waals surface area contributed by atoms with Crippen molar-refractivity contribution in [3.63, 3.8) is 0 Å². The van der Waals surface area contributed by atoms with Gasteiger partial charge in [-0.1, -0.05) is 101 Å². The number of hydrogen-bond donors (Lipinski definition) is 0. The second kappa shape index (κ2) is 24.0. The van der Waals surface area contributed by atoms with Gasteiger partial charge in [0.15, 0.2) is 6.29 Å². The van der Waals surface area contributed by atoms with E-state index >= 15 is 0 Å². The fraction of sp³-hybridized carbons (Fsp3) is 0.963. The van der Waals surface area contributed by atoms with Crippen LogP contribution in [0.25, 0.3) is 0 Å². The first kappa shape index (κ1) is 31.9. The lowest BCUT2D eigenvalue weighted by Crippen LogP contribution is -2.22. The highest BCUT2D eigenvalue weighted by molar-refractivity contribution is 9.09. The molecule has 0 radical (unpaired) electrons. The molecule has 0 atom stereocenters. The molecule has 0 heterocycles. The van der Waals surface area contributed by atoms with Crippen LogP contribution in [0.1, 0.15) is 124 Å². The van der Waals surface area contributed by atoms with Gasteiger partial charge in [-0.15, -0.1) is 0 Å². The molecule has 0 aromatic rings. The molecule has 0 fully saturated rings. The van der Waals surface area contributed by atoms with E-state index in [2.05, 4.69) is 43.6 Å². The van der Waals surface area contributed by atoms with Crippen LogP contribution >= 0.6 is 15.9 Å². The Bertz CT molecular complexity index is 379. The van der Waals surface area contributed by atoms with Crippen molar-refractivity contribution in [2.24, 2.45) is 11.8 Å². The number of hydrogen-bond acceptors (Lipinski definition) is 4. The molecule has 0 N–H and O–H groups in total. The number of alkyl halides is 1. The van der Waals surface area contributed by atoms with Gasteiger partial charge in [0, 0.05) is 31.4 Å². The highest BCUT2D eigenvalue weighted by Gasteiger charge is 2.12. The van der Waals surface area contributed by atoms with Gasteiger partial charge < -0.3 is 14.2 Å². The SMILES string of the molecule is CC(C)CCCCCCOC(CCOC(=O)CCCCCBr)OCCCCCCC(C)C. The third-order valence-electron chi connectivity index (χ3n) is 5.59. The highest BCUT2D eigenvalue weighted by Crippen LogP contribution is 2.13. The van der Waals surface area contributed by atoms with Crippen molar-refractivity contribution in [3.05, 3.63) is 0 Å². The van der Waals surface area contributed by atoms with E-state index in [4.69, 9.17) is 14.2 Å². The number of ether oxygens (including phenoxy) is 3. The van der Waals surface area contributed by atoms with Crippen molar-refractivity contribution < 1.29 is 19.0 Å². The van der Waals surface area contributed by atoms with Crippen molar-refractivity contribution in [2.75, 3.05) is 25.2 Å². The quantitative estimate of drug-likeness (QED) is 0.0553. The minimum atomic E-state index is -0.262. The van der Waals surface area contributed by atoms with Crippen LogP contribution in [0, 0.1) is 11.8 Å². The molecule has 192 valence electrons. The average molecular weight is 522 g/mol. The van der Waals surface area contributed by atoms with Crippen LogP contribution < -0.4 is 0 Å². The number of carbonyl (C=O) groups is 1. The topological polar surface area (TPSA) is 44.8 Å². The van der Waals surface area contributed by atoms with E-state index in [9.17, 15) is 4.79 Å². The van der Waals surface area contributed by atoms with Crippen molar-refractivity contribution in [3.8, 4) is 0 Å². The van der Waals surface area contributed by atoms with Crippen molar-refractivity contribution in [1.82, 2.24) is 0 Å². The maximum Gasteiger partial charge on any atom is 0.305 e. The second-order valence-electron chi connectivity index (χ2n) is 9.87. The smallest absolute Gasteiger partial charge is 0.305 e. The zero-order chi connectivity index (χ0) is 23.9. The van der Waals surface area contributed by atoms with Crippen LogP contribution in [0.4, 0.5) is 0 Å². The van der Waals surface area contributed by atoms with Crippen LogP contribution in [-0.2, 0) is 19.0 Å². The zero-order valence-electron chi connectivity index (χ0n) is 21.7. The molecule has 0 aliphatic carbocycles. The largest absolute Gasteiger partial charge is 0.465 e. The summed E-state index contributed by atoms with van der Waals surface area (Å²) >= 11 is 3.42. The van der Waals surface area contributed by atoms with Gasteiger partial charge in [-0.2, -0.15) is 0 Å². The predicted molar refractivity (Wildman–Crippen MR) is 139 cm³/mol. The van der Waals surface area contributed by atoms with Crippen molar-refractivity contribution in [1.29, 1.82) is 0 Å². The van der Waals surface area contributed by atoms with Crippen LogP contribution in [-0.4, -0.2) is 37.4 Å². The molecule has 5 heteroatoms. The van der Waals surface area contributed by atoms with Crippen LogP contribution in [0.2, 0.25) is 0 Å². The second-order valence-corrected chi connectivity index (χ2v) is 10.7. The minimum absolute atomic E-state index is 0.103. The number of unbranched alkanes of at least 4 members (excludes halogenated alkanes) is 8. The summed E-state index contributed by atoms with van der Waals surface area (Å²) in [6.07, 6.45) is 16.3. The van der Waals surface area contributed by atoms with Gasteiger partial charge in [0.05, 0.1) is 6.61 Å². The molecule has 4 nitrogen and oxygen atoms in total. The average Bonchev–Trinajstić information content (AvgIpc) is 2.74. The molecule has 0 amide bonds. The first-order valence-electron chi connectivity index (χ1n) is 13.4. The molecular formula is C27H53BrO4. The fourth-order valence-corrected chi connectivity index (χ4v) is 3.94.